The van der Waals surface area contributed by atoms with Crippen LogP contribution in [0.1, 0.15) is 6.42 Å². The Morgan fingerprint density at radius 2 is 1.91 bits per heavy atom. The van der Waals surface area contributed by atoms with Crippen LogP contribution in [0.3, 0.4) is 0 Å². The highest BCUT2D eigenvalue weighted by molar-refractivity contribution is 5.85. The molecule has 6 heteroatoms. The zero-order valence-corrected chi connectivity index (χ0v) is 6.43. The fraction of sp³-hybridized carbons (Fsp3) is 1.00. The van der Waals surface area contributed by atoms with E-state index in [1.165, 1.54) is 0 Å². The molecule has 1 rings (SSSR count). The van der Waals surface area contributed by atoms with Crippen molar-refractivity contribution in [2.75, 3.05) is 13.1 Å². The van der Waals surface area contributed by atoms with E-state index in [0.29, 0.717) is 0 Å². The van der Waals surface area contributed by atoms with Crippen molar-refractivity contribution < 1.29 is 18.3 Å². The first kappa shape index (κ1) is 11.0. The van der Waals surface area contributed by atoms with Crippen molar-refractivity contribution in [3.05, 3.63) is 0 Å². The van der Waals surface area contributed by atoms with Crippen LogP contribution in [0, 0.1) is 0 Å². The fourth-order valence-corrected chi connectivity index (χ4v) is 0.921. The Hall–Kier alpha value is -0.0000000000000000486. The van der Waals surface area contributed by atoms with Gasteiger partial charge in [0, 0.05) is 6.54 Å². The van der Waals surface area contributed by atoms with Gasteiger partial charge in [-0.2, -0.15) is 13.2 Å². The summed E-state index contributed by atoms with van der Waals surface area (Å²) in [4.78, 5) is 0. The zero-order valence-electron chi connectivity index (χ0n) is 5.61. The lowest BCUT2D eigenvalue weighted by Crippen LogP contribution is -2.46. The van der Waals surface area contributed by atoms with Gasteiger partial charge in [0.05, 0.1) is 0 Å². The van der Waals surface area contributed by atoms with Crippen molar-refractivity contribution in [2.24, 2.45) is 0 Å². The highest BCUT2D eigenvalue weighted by atomic mass is 35.5. The maximum absolute atomic E-state index is 11.9. The molecule has 0 saturated carbocycles. The van der Waals surface area contributed by atoms with Crippen LogP contribution < -0.4 is 5.32 Å². The first-order chi connectivity index (χ1) is 4.46. The van der Waals surface area contributed by atoms with Crippen LogP contribution in [0.25, 0.3) is 0 Å². The molecule has 1 atom stereocenters. The first-order valence-corrected chi connectivity index (χ1v) is 2.95. The fourth-order valence-electron chi connectivity index (χ4n) is 0.921. The molecule has 0 bridgehead atoms. The molecular weight excluding hydrogens is 183 g/mol. The Labute approximate surface area is 68.2 Å². The minimum atomic E-state index is -4.49. The van der Waals surface area contributed by atoms with Crippen LogP contribution in [0.5, 0.6) is 0 Å². The quantitative estimate of drug-likeness (QED) is 0.591. The summed E-state index contributed by atoms with van der Waals surface area (Å²) < 4.78 is 35.6. The van der Waals surface area contributed by atoms with E-state index in [4.69, 9.17) is 5.11 Å². The van der Waals surface area contributed by atoms with E-state index in [-0.39, 0.29) is 31.9 Å². The number of halogens is 4. The minimum Gasteiger partial charge on any atom is -0.379 e. The third-order valence-corrected chi connectivity index (χ3v) is 1.66. The van der Waals surface area contributed by atoms with Gasteiger partial charge in [-0.3, -0.25) is 0 Å². The summed E-state index contributed by atoms with van der Waals surface area (Å²) in [5, 5.41) is 11.3. The lowest BCUT2D eigenvalue weighted by Gasteiger charge is -2.23. The predicted molar refractivity (Wildman–Crippen MR) is 35.7 cm³/mol. The summed E-state index contributed by atoms with van der Waals surface area (Å²) in [6.07, 6.45) is -4.73. The van der Waals surface area contributed by atoms with Crippen molar-refractivity contribution in [3.8, 4) is 0 Å². The molecule has 1 fully saturated rings. The van der Waals surface area contributed by atoms with Crippen LogP contribution in [-0.2, 0) is 0 Å². The first-order valence-electron chi connectivity index (χ1n) is 2.95. The molecule has 0 aromatic carbocycles. The summed E-state index contributed by atoms with van der Waals surface area (Å²) in [6, 6.07) is 0. The summed E-state index contributed by atoms with van der Waals surface area (Å²) in [5.41, 5.74) is -2.48. The Kier molecular flexibility index (Phi) is 3.16. The normalized spacial score (nSPS) is 31.6. The number of β-amino-alcohol motifs (C(OH)–C–C–N with tert-alkyl or cyclic N) is 1. The van der Waals surface area contributed by atoms with E-state index in [9.17, 15) is 13.2 Å². The molecule has 1 aliphatic heterocycles. The van der Waals surface area contributed by atoms with Crippen molar-refractivity contribution in [3.63, 3.8) is 0 Å². The maximum atomic E-state index is 11.9. The van der Waals surface area contributed by atoms with Gasteiger partial charge in [0.15, 0.2) is 5.60 Å². The number of aliphatic hydroxyl groups is 1. The maximum Gasteiger partial charge on any atom is 0.418 e. The van der Waals surface area contributed by atoms with E-state index >= 15 is 0 Å². The van der Waals surface area contributed by atoms with Gasteiger partial charge in [-0.1, -0.05) is 0 Å². The van der Waals surface area contributed by atoms with Crippen LogP contribution in [0.2, 0.25) is 0 Å². The largest absolute Gasteiger partial charge is 0.418 e. The van der Waals surface area contributed by atoms with E-state index in [1.807, 2.05) is 0 Å². The van der Waals surface area contributed by atoms with E-state index in [0.717, 1.165) is 0 Å². The van der Waals surface area contributed by atoms with E-state index in [2.05, 4.69) is 5.32 Å². The Bertz CT molecular complexity index is 132. The summed E-state index contributed by atoms with van der Waals surface area (Å²) in [5.74, 6) is 0. The van der Waals surface area contributed by atoms with Gasteiger partial charge in [-0.05, 0) is 13.0 Å². The number of nitrogens with one attached hydrogen (secondary N) is 1. The van der Waals surface area contributed by atoms with Crippen LogP contribution >= 0.6 is 12.4 Å². The molecular formula is C5H9ClF3NO. The standard InChI is InChI=1S/C5H8F3NO.ClH/c6-5(7,8)4(10)1-2-9-3-4;/h9-10H,1-3H2;1H. The molecule has 0 aromatic rings. The van der Waals surface area contributed by atoms with Gasteiger partial charge in [0.2, 0.25) is 0 Å². The number of hydrogen-bond donors (Lipinski definition) is 2. The molecule has 0 radical (unpaired) electrons. The lowest BCUT2D eigenvalue weighted by atomic mass is 10.0. The van der Waals surface area contributed by atoms with Gasteiger partial charge in [0.1, 0.15) is 0 Å². The molecule has 1 aliphatic rings. The molecule has 2 N–H and O–H groups in total. The van der Waals surface area contributed by atoms with Crippen molar-refractivity contribution >= 4 is 12.4 Å². The minimum absolute atomic E-state index is 0. The highest BCUT2D eigenvalue weighted by Gasteiger charge is 2.54. The second-order valence-electron chi connectivity index (χ2n) is 2.46. The van der Waals surface area contributed by atoms with Gasteiger partial charge in [-0.15, -0.1) is 12.4 Å². The topological polar surface area (TPSA) is 32.3 Å². The second-order valence-corrected chi connectivity index (χ2v) is 2.46. The molecule has 0 spiro atoms. The van der Waals surface area contributed by atoms with Crippen LogP contribution in [0.4, 0.5) is 13.2 Å². The smallest absolute Gasteiger partial charge is 0.379 e. The highest BCUT2D eigenvalue weighted by Crippen LogP contribution is 2.34. The molecule has 1 heterocycles. The predicted octanol–water partition coefficient (Wildman–Crippen LogP) is 0.695. The zero-order chi connectivity index (χ0) is 7.83. The molecule has 1 saturated heterocycles. The average molecular weight is 192 g/mol. The van der Waals surface area contributed by atoms with E-state index in [1.54, 1.807) is 0 Å². The third kappa shape index (κ3) is 1.98. The summed E-state index contributed by atoms with van der Waals surface area (Å²) >= 11 is 0. The van der Waals surface area contributed by atoms with Crippen molar-refractivity contribution in [1.29, 1.82) is 0 Å². The van der Waals surface area contributed by atoms with Crippen LogP contribution in [-0.4, -0.2) is 30.0 Å². The van der Waals surface area contributed by atoms with Crippen LogP contribution in [0.15, 0.2) is 0 Å². The third-order valence-electron chi connectivity index (χ3n) is 1.66. The van der Waals surface area contributed by atoms with Crippen molar-refractivity contribution in [1.82, 2.24) is 5.32 Å². The van der Waals surface area contributed by atoms with Gasteiger partial charge >= 0.3 is 6.18 Å². The molecule has 0 amide bonds. The van der Waals surface area contributed by atoms with Gasteiger partial charge in [0.25, 0.3) is 0 Å². The van der Waals surface area contributed by atoms with E-state index < -0.39 is 11.8 Å². The Morgan fingerprint density at radius 3 is 2.09 bits per heavy atom. The van der Waals surface area contributed by atoms with Gasteiger partial charge in [-0.25, -0.2) is 0 Å². The van der Waals surface area contributed by atoms with Gasteiger partial charge < -0.3 is 10.4 Å². The number of hydrogen-bond acceptors (Lipinski definition) is 2. The number of alkyl halides is 3. The molecule has 2 nitrogen and oxygen atoms in total. The molecule has 11 heavy (non-hydrogen) atoms. The van der Waals surface area contributed by atoms with Crippen molar-refractivity contribution in [2.45, 2.75) is 18.2 Å². The number of rotatable bonds is 0. The molecule has 0 aromatic heterocycles. The molecule has 0 aliphatic carbocycles. The Morgan fingerprint density at radius 1 is 1.36 bits per heavy atom. The SMILES string of the molecule is Cl.OC1(C(F)(F)F)CCNC1. The summed E-state index contributed by atoms with van der Waals surface area (Å²) in [6.45, 7) is -0.146. The second kappa shape index (κ2) is 3.16. The summed E-state index contributed by atoms with van der Waals surface area (Å²) in [7, 11) is 0. The Balaban J connectivity index is 0.000001000. The monoisotopic (exact) mass is 191 g/mol. The average Bonchev–Trinajstić information content (AvgIpc) is 2.13. The lowest BCUT2D eigenvalue weighted by molar-refractivity contribution is -0.251. The molecule has 68 valence electrons. The molecule has 1 unspecified atom stereocenters.